The molecule has 0 radical (unpaired) electrons. The zero-order chi connectivity index (χ0) is 11.6. The zero-order valence-corrected chi connectivity index (χ0v) is 10.6. The molecular weight excluding hydrogens is 256 g/mol. The van der Waals surface area contributed by atoms with Crippen molar-refractivity contribution in [2.24, 2.45) is 0 Å². The Hall–Kier alpha value is -0.610. The highest BCUT2D eigenvalue weighted by Crippen LogP contribution is 2.31. The third kappa shape index (κ3) is 2.49. The molecule has 15 heavy (non-hydrogen) atoms. The Labute approximate surface area is 97.7 Å². The molecule has 0 aliphatic heterocycles. The number of nitriles is 1. The van der Waals surface area contributed by atoms with E-state index in [0.29, 0.717) is 4.34 Å². The first-order valence-corrected chi connectivity index (χ1v) is 6.62. The summed E-state index contributed by atoms with van der Waals surface area (Å²) in [6, 6.07) is 3.29. The van der Waals surface area contributed by atoms with Crippen LogP contribution in [0.2, 0.25) is 4.34 Å². The lowest BCUT2D eigenvalue weighted by Gasteiger charge is -2.11. The van der Waals surface area contributed by atoms with Crippen molar-refractivity contribution in [3.63, 3.8) is 0 Å². The molecular formula is C8H9ClN2O2S2. The van der Waals surface area contributed by atoms with Crippen molar-refractivity contribution in [3.8, 4) is 6.07 Å². The second-order valence-electron chi connectivity index (χ2n) is 2.94. The second kappa shape index (κ2) is 4.49. The summed E-state index contributed by atoms with van der Waals surface area (Å²) in [5, 5.41) is 8.43. The number of rotatable bonds is 3. The summed E-state index contributed by atoms with van der Waals surface area (Å²) in [6.45, 7) is 1.57. The fraction of sp³-hybridized carbons (Fsp3) is 0.375. The van der Waals surface area contributed by atoms with Crippen molar-refractivity contribution in [1.29, 1.82) is 5.26 Å². The quantitative estimate of drug-likeness (QED) is 0.783. The van der Waals surface area contributed by atoms with E-state index in [0.717, 1.165) is 21.2 Å². The van der Waals surface area contributed by atoms with Crippen LogP contribution < -0.4 is 0 Å². The van der Waals surface area contributed by atoms with E-state index in [1.807, 2.05) is 0 Å². The fourth-order valence-electron chi connectivity index (χ4n) is 0.897. The lowest BCUT2D eigenvalue weighted by molar-refractivity contribution is 0.504. The van der Waals surface area contributed by atoms with Crippen molar-refractivity contribution in [2.45, 2.75) is 11.1 Å². The number of sulfonamides is 1. The van der Waals surface area contributed by atoms with Gasteiger partial charge in [0.2, 0.25) is 0 Å². The third-order valence-corrected chi connectivity index (χ3v) is 5.60. The van der Waals surface area contributed by atoms with Crippen LogP contribution in [0, 0.1) is 18.3 Å². The summed E-state index contributed by atoms with van der Waals surface area (Å²) in [5.74, 6) is 0. The van der Waals surface area contributed by atoms with Gasteiger partial charge in [0.05, 0.1) is 10.4 Å². The van der Waals surface area contributed by atoms with Crippen LogP contribution in [0.4, 0.5) is 0 Å². The van der Waals surface area contributed by atoms with Crippen molar-refractivity contribution in [1.82, 2.24) is 4.31 Å². The van der Waals surface area contributed by atoms with Crippen molar-refractivity contribution < 1.29 is 8.42 Å². The smallest absolute Gasteiger partial charge is 0.206 e. The Morgan fingerprint density at radius 1 is 1.67 bits per heavy atom. The average molecular weight is 265 g/mol. The maximum atomic E-state index is 11.8. The van der Waals surface area contributed by atoms with Gasteiger partial charge in [0, 0.05) is 7.05 Å². The van der Waals surface area contributed by atoms with E-state index in [4.69, 9.17) is 16.9 Å². The van der Waals surface area contributed by atoms with Crippen molar-refractivity contribution >= 4 is 33.0 Å². The molecule has 1 aromatic heterocycles. The number of halogens is 1. The molecule has 82 valence electrons. The van der Waals surface area contributed by atoms with Gasteiger partial charge in [-0.15, -0.1) is 11.3 Å². The number of hydrogen-bond donors (Lipinski definition) is 0. The largest absolute Gasteiger partial charge is 0.253 e. The van der Waals surface area contributed by atoms with Crippen LogP contribution >= 0.6 is 22.9 Å². The molecule has 4 nitrogen and oxygen atoms in total. The molecule has 0 aliphatic carbocycles. The van der Waals surface area contributed by atoms with Crippen LogP contribution in [-0.4, -0.2) is 26.3 Å². The number of hydrogen-bond acceptors (Lipinski definition) is 4. The first kappa shape index (κ1) is 12.5. The summed E-state index contributed by atoms with van der Waals surface area (Å²) in [7, 11) is -2.20. The summed E-state index contributed by atoms with van der Waals surface area (Å²) in [4.78, 5) is 0. The molecule has 0 atom stereocenters. The highest BCUT2D eigenvalue weighted by atomic mass is 35.5. The molecule has 1 heterocycles. The third-order valence-electron chi connectivity index (χ3n) is 1.79. The Balaban J connectivity index is 3.13. The van der Waals surface area contributed by atoms with E-state index < -0.39 is 10.0 Å². The zero-order valence-electron chi connectivity index (χ0n) is 8.19. The molecule has 0 unspecified atom stereocenters. The standard InChI is InChI=1S/C8H9ClN2O2S2/c1-6-5-7(14-8(6)9)15(12,13)11(2)4-3-10/h5H,4H2,1-2H3. The minimum Gasteiger partial charge on any atom is -0.206 e. The van der Waals surface area contributed by atoms with Gasteiger partial charge >= 0.3 is 0 Å². The second-order valence-corrected chi connectivity index (χ2v) is 6.87. The van der Waals surface area contributed by atoms with Crippen LogP contribution in [0.1, 0.15) is 5.56 Å². The van der Waals surface area contributed by atoms with Gasteiger partial charge in [0.1, 0.15) is 10.8 Å². The molecule has 0 fully saturated rings. The molecule has 0 amide bonds. The molecule has 7 heteroatoms. The summed E-state index contributed by atoms with van der Waals surface area (Å²) < 4.78 is 25.2. The molecule has 0 saturated carbocycles. The van der Waals surface area contributed by atoms with Gasteiger partial charge < -0.3 is 0 Å². The summed E-state index contributed by atoms with van der Waals surface area (Å²) >= 11 is 6.79. The van der Waals surface area contributed by atoms with Gasteiger partial charge in [-0.1, -0.05) is 11.6 Å². The Bertz CT molecular complexity index is 482. The predicted molar refractivity (Wildman–Crippen MR) is 59.5 cm³/mol. The highest BCUT2D eigenvalue weighted by molar-refractivity contribution is 7.91. The SMILES string of the molecule is Cc1cc(S(=O)(=O)N(C)CC#N)sc1Cl. The summed E-state index contributed by atoms with van der Waals surface area (Å²) in [6.07, 6.45) is 0. The van der Waals surface area contributed by atoms with E-state index in [9.17, 15) is 8.42 Å². The first-order valence-electron chi connectivity index (χ1n) is 3.99. The molecule has 1 aromatic rings. The Morgan fingerprint density at radius 3 is 2.67 bits per heavy atom. The molecule has 0 bridgehead atoms. The number of aryl methyl sites for hydroxylation is 1. The van der Waals surface area contributed by atoms with Crippen LogP contribution in [0.15, 0.2) is 10.3 Å². The van der Waals surface area contributed by atoms with Crippen LogP contribution in [0.3, 0.4) is 0 Å². The van der Waals surface area contributed by atoms with Crippen LogP contribution in [0.5, 0.6) is 0 Å². The van der Waals surface area contributed by atoms with E-state index in [1.165, 1.54) is 13.1 Å². The molecule has 0 N–H and O–H groups in total. The van der Waals surface area contributed by atoms with Crippen LogP contribution in [-0.2, 0) is 10.0 Å². The average Bonchev–Trinajstić information content (AvgIpc) is 2.48. The predicted octanol–water partition coefficient (Wildman–Crippen LogP) is 1.85. The van der Waals surface area contributed by atoms with Gasteiger partial charge in [-0.05, 0) is 18.6 Å². The van der Waals surface area contributed by atoms with Gasteiger partial charge in [0.25, 0.3) is 10.0 Å². The maximum absolute atomic E-state index is 11.8. The molecule has 0 spiro atoms. The lowest BCUT2D eigenvalue weighted by Crippen LogP contribution is -2.26. The monoisotopic (exact) mass is 264 g/mol. The first-order chi connectivity index (χ1) is 6.89. The minimum atomic E-state index is -3.56. The molecule has 0 aliphatic rings. The van der Waals surface area contributed by atoms with Gasteiger partial charge in [0.15, 0.2) is 0 Å². The minimum absolute atomic E-state index is 0.169. The topological polar surface area (TPSA) is 61.2 Å². The normalized spacial score (nSPS) is 11.7. The fourth-order valence-corrected chi connectivity index (χ4v) is 3.88. The molecule has 0 saturated heterocycles. The maximum Gasteiger partial charge on any atom is 0.253 e. The highest BCUT2D eigenvalue weighted by Gasteiger charge is 2.23. The molecule has 0 aromatic carbocycles. The number of thiophene rings is 1. The van der Waals surface area contributed by atoms with Gasteiger partial charge in [-0.3, -0.25) is 0 Å². The van der Waals surface area contributed by atoms with E-state index >= 15 is 0 Å². The summed E-state index contributed by atoms with van der Waals surface area (Å²) in [5.41, 5.74) is 0.727. The lowest BCUT2D eigenvalue weighted by atomic mass is 10.4. The van der Waals surface area contributed by atoms with E-state index in [1.54, 1.807) is 13.0 Å². The van der Waals surface area contributed by atoms with Crippen LogP contribution in [0.25, 0.3) is 0 Å². The van der Waals surface area contributed by atoms with E-state index in [2.05, 4.69) is 0 Å². The number of nitrogens with zero attached hydrogens (tertiary/aromatic N) is 2. The molecule has 1 rings (SSSR count). The van der Waals surface area contributed by atoms with Crippen molar-refractivity contribution in [3.05, 3.63) is 16.0 Å². The Kier molecular flexibility index (Phi) is 3.73. The van der Waals surface area contributed by atoms with Gasteiger partial charge in [-0.2, -0.15) is 9.57 Å². The van der Waals surface area contributed by atoms with Gasteiger partial charge in [-0.25, -0.2) is 8.42 Å². The Morgan fingerprint density at radius 2 is 2.27 bits per heavy atom. The van der Waals surface area contributed by atoms with E-state index in [-0.39, 0.29) is 10.8 Å². The van der Waals surface area contributed by atoms with Crippen molar-refractivity contribution in [2.75, 3.05) is 13.6 Å².